The van der Waals surface area contributed by atoms with Crippen molar-refractivity contribution in [1.82, 2.24) is 0 Å². The molecule has 52 heavy (non-hydrogen) atoms. The molecule has 10 rings (SSSR count). The van der Waals surface area contributed by atoms with E-state index in [4.69, 9.17) is 0 Å². The summed E-state index contributed by atoms with van der Waals surface area (Å²) in [7, 11) is 0. The van der Waals surface area contributed by atoms with Crippen LogP contribution in [0.1, 0.15) is 0 Å². The van der Waals surface area contributed by atoms with Crippen molar-refractivity contribution >= 4 is 43.1 Å². The van der Waals surface area contributed by atoms with Gasteiger partial charge in [-0.05, 0) is 135 Å². The first-order valence-corrected chi connectivity index (χ1v) is 18.0. The molecule has 0 amide bonds. The van der Waals surface area contributed by atoms with Gasteiger partial charge in [0.15, 0.2) is 0 Å². The molecule has 0 spiro atoms. The summed E-state index contributed by atoms with van der Waals surface area (Å²) < 4.78 is 0. The predicted octanol–water partition coefficient (Wildman–Crippen LogP) is 14.6. The van der Waals surface area contributed by atoms with Gasteiger partial charge in [0.2, 0.25) is 0 Å². The molecule has 242 valence electrons. The second-order valence-electron chi connectivity index (χ2n) is 13.7. The van der Waals surface area contributed by atoms with Crippen LogP contribution in [0.25, 0.3) is 98.7 Å². The van der Waals surface area contributed by atoms with E-state index in [9.17, 15) is 0 Å². The third-order valence-electron chi connectivity index (χ3n) is 10.6. The van der Waals surface area contributed by atoms with Crippen molar-refractivity contribution in [2.24, 2.45) is 0 Å². The zero-order chi connectivity index (χ0) is 34.4. The molecule has 0 unspecified atom stereocenters. The third-order valence-corrected chi connectivity index (χ3v) is 10.6. The first kappa shape index (κ1) is 30.1. The summed E-state index contributed by atoms with van der Waals surface area (Å²) in [6, 6.07) is 75.6. The van der Waals surface area contributed by atoms with Gasteiger partial charge in [0, 0.05) is 0 Å². The summed E-state index contributed by atoms with van der Waals surface area (Å²) in [6.45, 7) is 0. The molecule has 0 fully saturated rings. The predicted molar refractivity (Wildman–Crippen MR) is 224 cm³/mol. The van der Waals surface area contributed by atoms with Crippen LogP contribution in [-0.2, 0) is 0 Å². The van der Waals surface area contributed by atoms with E-state index >= 15 is 0 Å². The molecular weight excluding hydrogens is 625 g/mol. The summed E-state index contributed by atoms with van der Waals surface area (Å²) in [5.41, 5.74) is 12.3. The van der Waals surface area contributed by atoms with Crippen LogP contribution in [0.15, 0.2) is 206 Å². The average molecular weight is 659 g/mol. The van der Waals surface area contributed by atoms with Crippen LogP contribution >= 0.6 is 0 Å². The summed E-state index contributed by atoms with van der Waals surface area (Å²) in [4.78, 5) is 0. The van der Waals surface area contributed by atoms with Crippen LogP contribution in [0, 0.1) is 0 Å². The van der Waals surface area contributed by atoms with Gasteiger partial charge < -0.3 is 0 Å². The number of benzene rings is 10. The van der Waals surface area contributed by atoms with Crippen molar-refractivity contribution < 1.29 is 0 Å². The number of hydrogen-bond acceptors (Lipinski definition) is 0. The fourth-order valence-electron chi connectivity index (χ4n) is 8.15. The molecule has 0 N–H and O–H groups in total. The van der Waals surface area contributed by atoms with Crippen molar-refractivity contribution in [2.75, 3.05) is 0 Å². The van der Waals surface area contributed by atoms with Gasteiger partial charge in [-0.2, -0.15) is 0 Å². The Morgan fingerprint density at radius 3 is 0.981 bits per heavy atom. The van der Waals surface area contributed by atoms with Gasteiger partial charge in [-0.15, -0.1) is 0 Å². The standard InChI is InChI=1S/C52H34/c1-2-15-35(16-3-1)43-20-6-7-21-44(43)45-22-8-9-23-46(45)47-24-10-11-25-48(47)49-26-12-13-27-50(49)51-28-14-19-38-31-41-32-39-29-36-17-4-5-18-37(36)30-40(39)33-42(41)34-52(38)51/h1-34H. The zero-order valence-electron chi connectivity index (χ0n) is 28.6. The SMILES string of the molecule is c1ccc(-c2ccccc2-c2ccccc2-c2ccccc2-c2ccccc2-c2cccc3cc4cc5cc6ccccc6cc5cc4cc23)cc1. The van der Waals surface area contributed by atoms with Gasteiger partial charge >= 0.3 is 0 Å². The minimum Gasteiger partial charge on any atom is -0.0622 e. The molecule has 0 saturated carbocycles. The van der Waals surface area contributed by atoms with Gasteiger partial charge in [-0.3, -0.25) is 0 Å². The molecule has 0 nitrogen and oxygen atoms in total. The van der Waals surface area contributed by atoms with Crippen molar-refractivity contribution in [3.8, 4) is 55.6 Å². The first-order chi connectivity index (χ1) is 25.8. The lowest BCUT2D eigenvalue weighted by Crippen LogP contribution is -1.93. The molecule has 10 aromatic carbocycles. The van der Waals surface area contributed by atoms with E-state index in [1.54, 1.807) is 0 Å². The van der Waals surface area contributed by atoms with Gasteiger partial charge in [0.05, 0.1) is 0 Å². The molecule has 0 heterocycles. The highest BCUT2D eigenvalue weighted by Gasteiger charge is 2.18. The molecule has 0 heteroatoms. The Morgan fingerprint density at radius 2 is 0.481 bits per heavy atom. The number of rotatable bonds is 5. The molecule has 0 aliphatic heterocycles. The summed E-state index contributed by atoms with van der Waals surface area (Å²) >= 11 is 0. The van der Waals surface area contributed by atoms with Gasteiger partial charge in [-0.25, -0.2) is 0 Å². The zero-order valence-corrected chi connectivity index (χ0v) is 28.6. The minimum atomic E-state index is 1.22. The van der Waals surface area contributed by atoms with E-state index < -0.39 is 0 Å². The van der Waals surface area contributed by atoms with Crippen LogP contribution in [0.4, 0.5) is 0 Å². The Bertz CT molecular complexity index is 2950. The van der Waals surface area contributed by atoms with E-state index in [1.807, 2.05) is 0 Å². The Hall–Kier alpha value is -6.76. The maximum absolute atomic E-state index is 2.40. The first-order valence-electron chi connectivity index (χ1n) is 18.0. The fourth-order valence-corrected chi connectivity index (χ4v) is 8.15. The topological polar surface area (TPSA) is 0 Å². The quantitative estimate of drug-likeness (QED) is 0.161. The van der Waals surface area contributed by atoms with E-state index in [0.29, 0.717) is 0 Å². The fraction of sp³-hybridized carbons (Fsp3) is 0. The van der Waals surface area contributed by atoms with Crippen LogP contribution in [0.2, 0.25) is 0 Å². The lowest BCUT2D eigenvalue weighted by molar-refractivity contribution is 1.55. The number of fused-ring (bicyclic) bond motifs is 4. The maximum Gasteiger partial charge on any atom is -0.00988 e. The highest BCUT2D eigenvalue weighted by Crippen LogP contribution is 2.44. The maximum atomic E-state index is 2.40. The van der Waals surface area contributed by atoms with Crippen LogP contribution in [0.5, 0.6) is 0 Å². The largest absolute Gasteiger partial charge is 0.0622 e. The van der Waals surface area contributed by atoms with Crippen LogP contribution in [-0.4, -0.2) is 0 Å². The molecule has 0 saturated heterocycles. The van der Waals surface area contributed by atoms with E-state index in [2.05, 4.69) is 206 Å². The second-order valence-corrected chi connectivity index (χ2v) is 13.7. The molecule has 0 atom stereocenters. The van der Waals surface area contributed by atoms with E-state index in [0.717, 1.165) is 0 Å². The highest BCUT2D eigenvalue weighted by molar-refractivity contribution is 6.11. The van der Waals surface area contributed by atoms with Crippen molar-refractivity contribution in [3.63, 3.8) is 0 Å². The highest BCUT2D eigenvalue weighted by atomic mass is 14.2. The summed E-state index contributed by atoms with van der Waals surface area (Å²) in [5.74, 6) is 0. The molecule has 0 aromatic heterocycles. The minimum absolute atomic E-state index is 1.22. The van der Waals surface area contributed by atoms with E-state index in [-0.39, 0.29) is 0 Å². The smallest absolute Gasteiger partial charge is 0.00988 e. The van der Waals surface area contributed by atoms with Gasteiger partial charge in [0.25, 0.3) is 0 Å². The Labute approximate surface area is 303 Å². The normalized spacial score (nSPS) is 11.5. The second kappa shape index (κ2) is 12.5. The summed E-state index contributed by atoms with van der Waals surface area (Å²) in [6.07, 6.45) is 0. The Kier molecular flexibility index (Phi) is 7.25. The summed E-state index contributed by atoms with van der Waals surface area (Å²) in [5, 5.41) is 10.1. The molecule has 0 aliphatic carbocycles. The Morgan fingerprint density at radius 1 is 0.173 bits per heavy atom. The van der Waals surface area contributed by atoms with Crippen LogP contribution in [0.3, 0.4) is 0 Å². The average Bonchev–Trinajstić information content (AvgIpc) is 3.21. The lowest BCUT2D eigenvalue weighted by Gasteiger charge is -2.19. The third kappa shape index (κ3) is 5.16. The number of hydrogen-bond donors (Lipinski definition) is 0. The van der Waals surface area contributed by atoms with Crippen molar-refractivity contribution in [3.05, 3.63) is 206 Å². The molecular formula is C52H34. The molecule has 0 radical (unpaired) electrons. The molecule has 10 aromatic rings. The lowest BCUT2D eigenvalue weighted by atomic mass is 9.84. The van der Waals surface area contributed by atoms with Gasteiger partial charge in [0.1, 0.15) is 0 Å². The van der Waals surface area contributed by atoms with E-state index in [1.165, 1.54) is 98.7 Å². The molecule has 0 bridgehead atoms. The van der Waals surface area contributed by atoms with Crippen molar-refractivity contribution in [1.29, 1.82) is 0 Å². The Balaban J connectivity index is 1.15. The van der Waals surface area contributed by atoms with Crippen LogP contribution < -0.4 is 0 Å². The van der Waals surface area contributed by atoms with Crippen molar-refractivity contribution in [2.45, 2.75) is 0 Å². The van der Waals surface area contributed by atoms with Gasteiger partial charge in [-0.1, -0.05) is 170 Å². The molecule has 0 aliphatic rings. The monoisotopic (exact) mass is 658 g/mol.